The number of hydrogen-bond donors (Lipinski definition) is 1. The SMILES string of the molecule is COc1cc2nc(CCn3c(=O)n4n(c3=O)[C@@H]3C[C@@]5(Cl)C(=O)N(c6c(F)c(F)c(F)c(F)c6F)C(=O)[C@@]5(Cl)[C@@H](c5ccc(O)c(C)c5)C3=CC4)c(=O)n(C)c2cc1OC. The number of aryl methyl sites for hydroxylation is 3. The maximum Gasteiger partial charge on any atom is 0.347 e. The number of fused-ring (bicyclic) bond motifs is 5. The van der Waals surface area contributed by atoms with Gasteiger partial charge in [-0.25, -0.2) is 55.4 Å². The van der Waals surface area contributed by atoms with E-state index < -0.39 is 91.7 Å². The maximum absolute atomic E-state index is 15.3. The molecule has 2 aliphatic heterocycles. The lowest BCUT2D eigenvalue weighted by Crippen LogP contribution is -2.59. The van der Waals surface area contributed by atoms with Gasteiger partial charge >= 0.3 is 11.4 Å². The second kappa shape index (κ2) is 13.6. The summed E-state index contributed by atoms with van der Waals surface area (Å²) in [6, 6.07) is 5.66. The van der Waals surface area contributed by atoms with Crippen LogP contribution in [0.5, 0.6) is 17.2 Å². The number of imide groups is 1. The summed E-state index contributed by atoms with van der Waals surface area (Å²) in [6.45, 7) is 0.800. The van der Waals surface area contributed by atoms with Crippen LogP contribution in [-0.2, 0) is 36.1 Å². The monoisotopic (exact) mass is 862 g/mol. The summed E-state index contributed by atoms with van der Waals surface area (Å²) in [7, 11) is 4.35. The molecule has 3 aromatic carbocycles. The highest BCUT2D eigenvalue weighted by Crippen LogP contribution is 2.64. The largest absolute Gasteiger partial charge is 0.508 e. The summed E-state index contributed by atoms with van der Waals surface area (Å²) in [6.07, 6.45) is 0.435. The normalized spacial score (nSPS) is 22.4. The number of aromatic nitrogens is 5. The quantitative estimate of drug-likeness (QED) is 0.0632. The molecule has 4 atom stereocenters. The van der Waals surface area contributed by atoms with Gasteiger partial charge in [-0.1, -0.05) is 18.2 Å². The van der Waals surface area contributed by atoms with Crippen LogP contribution in [0.3, 0.4) is 0 Å². The fourth-order valence-corrected chi connectivity index (χ4v) is 9.30. The second-order valence-electron chi connectivity index (χ2n) is 14.3. The predicted molar refractivity (Wildman–Crippen MR) is 200 cm³/mol. The number of alkyl halides is 2. The molecule has 21 heteroatoms. The van der Waals surface area contributed by atoms with Crippen molar-refractivity contribution in [2.75, 3.05) is 19.1 Å². The zero-order valence-electron chi connectivity index (χ0n) is 31.1. The van der Waals surface area contributed by atoms with Crippen molar-refractivity contribution in [2.24, 2.45) is 7.05 Å². The lowest BCUT2D eigenvalue weighted by atomic mass is 9.64. The molecule has 0 radical (unpaired) electrons. The Bertz CT molecular complexity index is 2920. The molecular weight excluding hydrogens is 834 g/mol. The highest BCUT2D eigenvalue weighted by atomic mass is 35.5. The van der Waals surface area contributed by atoms with Gasteiger partial charge < -0.3 is 19.1 Å². The molecule has 0 spiro atoms. The number of aromatic hydroxyl groups is 1. The van der Waals surface area contributed by atoms with Crippen LogP contribution in [0.4, 0.5) is 27.6 Å². The standard InChI is InChI=1S/C38H29Cl2F5N6O8/c1-15-11-16(5-6-22(15)52)25-17-7-10-49-35(56)48(9-8-18-32(53)47(2)20-13-24(59-4)23(58-3)12-19(20)46-18)36(57)51(49)21(17)14-37(39)33(54)50(34(55)38(25,37)40)31-29(44)27(42)26(41)28(43)30(31)45/h5-7,11-13,21,25,52H,8-10,14H2,1-4H3/t21-,25+,37-,38+/m1/s1. The molecule has 0 unspecified atom stereocenters. The van der Waals surface area contributed by atoms with Crippen LogP contribution in [-0.4, -0.2) is 64.4 Å². The van der Waals surface area contributed by atoms with Gasteiger partial charge in [-0.15, -0.1) is 23.2 Å². The number of carbonyl (C=O) groups excluding carboxylic acids is 2. The minimum atomic E-state index is -2.77. The second-order valence-corrected chi connectivity index (χ2v) is 15.5. The van der Waals surface area contributed by atoms with Crippen LogP contribution in [0.15, 0.2) is 56.4 Å². The van der Waals surface area contributed by atoms with Crippen molar-refractivity contribution in [3.63, 3.8) is 0 Å². The molecule has 1 saturated heterocycles. The number of methoxy groups -OCH3 is 2. The number of rotatable bonds is 7. The van der Waals surface area contributed by atoms with E-state index in [4.69, 9.17) is 32.7 Å². The van der Waals surface area contributed by atoms with Crippen LogP contribution >= 0.6 is 23.2 Å². The molecule has 5 aromatic rings. The molecule has 2 amide bonds. The summed E-state index contributed by atoms with van der Waals surface area (Å²) < 4.78 is 88.6. The number of phenols is 1. The van der Waals surface area contributed by atoms with Gasteiger partial charge in [0.1, 0.15) is 17.1 Å². The van der Waals surface area contributed by atoms with Crippen LogP contribution < -0.4 is 31.3 Å². The summed E-state index contributed by atoms with van der Waals surface area (Å²) >= 11 is 14.3. The summed E-state index contributed by atoms with van der Waals surface area (Å²) in [5.41, 5.74) is -3.03. The number of amides is 2. The third kappa shape index (κ3) is 5.29. The van der Waals surface area contributed by atoms with Crippen LogP contribution in [0.25, 0.3) is 11.0 Å². The first-order valence-corrected chi connectivity index (χ1v) is 18.4. The van der Waals surface area contributed by atoms with E-state index in [0.717, 1.165) is 13.9 Å². The summed E-state index contributed by atoms with van der Waals surface area (Å²) in [4.78, 5) is 69.1. The fraction of sp³-hybridized carbons (Fsp3) is 0.316. The Hall–Kier alpha value is -5.95. The van der Waals surface area contributed by atoms with Crippen molar-refractivity contribution in [1.29, 1.82) is 0 Å². The predicted octanol–water partition coefficient (Wildman–Crippen LogP) is 4.23. The number of halogens is 7. The van der Waals surface area contributed by atoms with Crippen LogP contribution in [0.1, 0.15) is 35.2 Å². The molecule has 8 rings (SSSR count). The number of nitrogens with zero attached hydrogens (tertiary/aromatic N) is 6. The van der Waals surface area contributed by atoms with E-state index in [-0.39, 0.29) is 52.6 Å². The topological polar surface area (TPSA) is 160 Å². The van der Waals surface area contributed by atoms with E-state index in [2.05, 4.69) is 4.98 Å². The van der Waals surface area contributed by atoms with E-state index in [1.165, 1.54) is 57.0 Å². The summed E-state index contributed by atoms with van der Waals surface area (Å²) in [5, 5.41) is 10.3. The first kappa shape index (κ1) is 39.9. The number of benzene rings is 3. The van der Waals surface area contributed by atoms with Gasteiger partial charge in [0.15, 0.2) is 44.5 Å². The Kier molecular flexibility index (Phi) is 9.15. The molecule has 14 nitrogen and oxygen atoms in total. The van der Waals surface area contributed by atoms with Crippen molar-refractivity contribution in [3.05, 3.63) is 119 Å². The molecule has 308 valence electrons. The van der Waals surface area contributed by atoms with Gasteiger partial charge in [0, 0.05) is 44.5 Å². The van der Waals surface area contributed by atoms with Gasteiger partial charge in [0.2, 0.25) is 5.82 Å². The number of phenolic OH excluding ortho intramolecular Hbond substituents is 1. The third-order valence-corrected chi connectivity index (χ3v) is 12.8. The molecule has 1 aliphatic carbocycles. The molecule has 1 saturated carbocycles. The molecule has 2 aromatic heterocycles. The molecule has 1 N–H and O–H groups in total. The number of allylic oxidation sites excluding steroid dienone is 2. The van der Waals surface area contributed by atoms with Crippen molar-refractivity contribution in [2.45, 2.75) is 54.6 Å². The van der Waals surface area contributed by atoms with E-state index in [1.807, 2.05) is 0 Å². The maximum atomic E-state index is 15.3. The van der Waals surface area contributed by atoms with Crippen LogP contribution in [0, 0.1) is 36.0 Å². The minimum absolute atomic E-state index is 0.0122. The highest BCUT2D eigenvalue weighted by Gasteiger charge is 2.76. The molecule has 2 fully saturated rings. The number of anilines is 1. The third-order valence-electron chi connectivity index (χ3n) is 11.3. The zero-order chi connectivity index (χ0) is 42.8. The first-order valence-electron chi connectivity index (χ1n) is 17.6. The average molecular weight is 864 g/mol. The minimum Gasteiger partial charge on any atom is -0.508 e. The number of carbonyl (C=O) groups is 2. The Morgan fingerprint density at radius 1 is 0.881 bits per heavy atom. The molecule has 59 heavy (non-hydrogen) atoms. The number of hydrogen-bond acceptors (Lipinski definition) is 9. The van der Waals surface area contributed by atoms with Gasteiger partial charge in [0.25, 0.3) is 17.4 Å². The van der Waals surface area contributed by atoms with Crippen molar-refractivity contribution >= 4 is 51.7 Å². The van der Waals surface area contributed by atoms with E-state index in [1.54, 1.807) is 12.1 Å². The average Bonchev–Trinajstić information content (AvgIpc) is 3.54. The number of ether oxygens (including phenoxy) is 2. The Morgan fingerprint density at radius 2 is 1.51 bits per heavy atom. The molecule has 0 bridgehead atoms. The molecule has 3 aliphatic rings. The lowest BCUT2D eigenvalue weighted by Gasteiger charge is -2.49. The van der Waals surface area contributed by atoms with E-state index in [0.29, 0.717) is 22.5 Å². The smallest absolute Gasteiger partial charge is 0.347 e. The molecule has 4 heterocycles. The lowest BCUT2D eigenvalue weighted by molar-refractivity contribution is -0.122. The van der Waals surface area contributed by atoms with Gasteiger partial charge in [-0.2, -0.15) is 0 Å². The van der Waals surface area contributed by atoms with E-state index >= 15 is 8.78 Å². The van der Waals surface area contributed by atoms with Crippen molar-refractivity contribution < 1.29 is 46.1 Å². The van der Waals surface area contributed by atoms with E-state index in [9.17, 15) is 42.3 Å². The van der Waals surface area contributed by atoms with Gasteiger partial charge in [-0.05, 0) is 29.7 Å². The summed E-state index contributed by atoms with van der Waals surface area (Å²) in [5.74, 6) is -16.8. The van der Waals surface area contributed by atoms with Gasteiger partial charge in [0.05, 0.1) is 37.8 Å². The molecular formula is C38H29Cl2F5N6O8. The van der Waals surface area contributed by atoms with Gasteiger partial charge in [-0.3, -0.25) is 14.4 Å². The Balaban J connectivity index is 1.25. The van der Waals surface area contributed by atoms with Crippen molar-refractivity contribution in [1.82, 2.24) is 23.5 Å². The fourth-order valence-electron chi connectivity index (χ4n) is 8.39. The Labute approximate surface area is 337 Å². The van der Waals surface area contributed by atoms with Crippen LogP contribution in [0.2, 0.25) is 0 Å². The first-order chi connectivity index (χ1) is 27.8. The highest BCUT2D eigenvalue weighted by molar-refractivity contribution is 6.58. The zero-order valence-corrected chi connectivity index (χ0v) is 32.6. The van der Waals surface area contributed by atoms with Crippen molar-refractivity contribution in [3.8, 4) is 17.2 Å². The Morgan fingerprint density at radius 3 is 2.14 bits per heavy atom.